The molecule has 1 aromatic heterocycles. The Bertz CT molecular complexity index is 1290. The molecule has 1 spiro atoms. The van der Waals surface area contributed by atoms with Gasteiger partial charge in [-0.1, -0.05) is 37.1 Å². The smallest absolute Gasteiger partial charge is 0.256 e. The van der Waals surface area contributed by atoms with Crippen molar-refractivity contribution in [3.05, 3.63) is 48.2 Å². The molecule has 0 N–H and O–H groups in total. The molecule has 3 aliphatic heterocycles. The minimum Gasteiger partial charge on any atom is -0.354 e. The summed E-state index contributed by atoms with van der Waals surface area (Å²) in [6.07, 6.45) is 8.79. The van der Waals surface area contributed by atoms with Gasteiger partial charge >= 0.3 is 0 Å². The Hall–Kier alpha value is -3.26. The highest BCUT2D eigenvalue weighted by atomic mass is 16.2. The lowest BCUT2D eigenvalue weighted by atomic mass is 9.97. The van der Waals surface area contributed by atoms with Crippen molar-refractivity contribution < 1.29 is 9.59 Å². The Morgan fingerprint density at radius 3 is 2.27 bits per heavy atom. The first-order valence-corrected chi connectivity index (χ1v) is 15.2. The normalized spacial score (nSPS) is 24.8. The van der Waals surface area contributed by atoms with Crippen molar-refractivity contribution in [2.24, 2.45) is 16.8 Å². The summed E-state index contributed by atoms with van der Waals surface area (Å²) in [6.45, 7) is 6.36. The van der Waals surface area contributed by atoms with Crippen LogP contribution in [0.15, 0.2) is 47.6 Å². The monoisotopic (exact) mass is 540 g/mol. The number of carbonyl (C=O) groups is 2. The molecule has 2 saturated heterocycles. The van der Waals surface area contributed by atoms with Crippen LogP contribution in [0.25, 0.3) is 11.1 Å². The highest BCUT2D eigenvalue weighted by molar-refractivity contribution is 6.15. The summed E-state index contributed by atoms with van der Waals surface area (Å²) in [5.74, 6) is 2.89. The molecule has 40 heavy (non-hydrogen) atoms. The van der Waals surface area contributed by atoms with E-state index in [-0.39, 0.29) is 11.8 Å². The van der Waals surface area contributed by atoms with Gasteiger partial charge in [0.2, 0.25) is 5.91 Å². The van der Waals surface area contributed by atoms with Crippen LogP contribution in [0.3, 0.4) is 0 Å². The number of likely N-dealkylation sites (N-methyl/N-ethyl adjacent to an activating group) is 1. The highest BCUT2D eigenvalue weighted by Gasteiger charge is 2.50. The van der Waals surface area contributed by atoms with Crippen LogP contribution in [-0.2, 0) is 9.59 Å². The minimum absolute atomic E-state index is 0.166. The van der Waals surface area contributed by atoms with Gasteiger partial charge in [0.25, 0.3) is 5.91 Å². The molecule has 1 aromatic carbocycles. The largest absolute Gasteiger partial charge is 0.354 e. The Morgan fingerprint density at radius 2 is 1.60 bits per heavy atom. The number of pyridine rings is 1. The third-order valence-corrected chi connectivity index (χ3v) is 9.67. The number of hydrogen-bond acceptors (Lipinski definition) is 6. The van der Waals surface area contributed by atoms with Crippen molar-refractivity contribution in [1.82, 2.24) is 19.7 Å². The van der Waals surface area contributed by atoms with Gasteiger partial charge in [-0.3, -0.25) is 19.5 Å². The number of aromatic nitrogens is 1. The van der Waals surface area contributed by atoms with Crippen molar-refractivity contribution in [3.63, 3.8) is 0 Å². The van der Waals surface area contributed by atoms with Crippen LogP contribution in [0, 0.1) is 11.8 Å². The molecule has 8 nitrogen and oxygen atoms in total. The molecule has 2 saturated carbocycles. The zero-order valence-corrected chi connectivity index (χ0v) is 23.6. The van der Waals surface area contributed by atoms with E-state index in [1.807, 2.05) is 16.0 Å². The number of carbonyl (C=O) groups excluding carboxylic acids is 2. The molecule has 1 atom stereocenters. The Labute approximate surface area is 237 Å². The molecular weight excluding hydrogens is 500 g/mol. The SMILES string of the molecule is CN1CCN(c2ccc(-c3ccc(C4=NC5(CCCC5)C(=O)N4C[C@@H]4CCN(C(=O)C5CC5)C4)cc3)cn2)CC1. The average molecular weight is 541 g/mol. The summed E-state index contributed by atoms with van der Waals surface area (Å²) in [4.78, 5) is 45.0. The molecule has 5 aliphatic rings. The van der Waals surface area contributed by atoms with E-state index in [2.05, 4.69) is 53.2 Å². The first kappa shape index (κ1) is 25.7. The van der Waals surface area contributed by atoms with Crippen molar-refractivity contribution >= 4 is 23.5 Å². The van der Waals surface area contributed by atoms with Gasteiger partial charge in [-0.25, -0.2) is 4.98 Å². The van der Waals surface area contributed by atoms with Gasteiger partial charge in [-0.05, 0) is 62.8 Å². The summed E-state index contributed by atoms with van der Waals surface area (Å²) >= 11 is 0. The molecular formula is C32H40N6O2. The number of likely N-dealkylation sites (tertiary alicyclic amines) is 1. The number of rotatable bonds is 6. The van der Waals surface area contributed by atoms with E-state index >= 15 is 0 Å². The van der Waals surface area contributed by atoms with Gasteiger partial charge in [0.15, 0.2) is 0 Å². The molecule has 4 fully saturated rings. The van der Waals surface area contributed by atoms with Crippen molar-refractivity contribution in [2.45, 2.75) is 50.5 Å². The highest BCUT2D eigenvalue weighted by Crippen LogP contribution is 2.41. The molecule has 8 heteroatoms. The predicted octanol–water partition coefficient (Wildman–Crippen LogP) is 3.66. The number of anilines is 1. The van der Waals surface area contributed by atoms with E-state index < -0.39 is 5.54 Å². The van der Waals surface area contributed by atoms with E-state index in [4.69, 9.17) is 9.98 Å². The second-order valence-electron chi connectivity index (χ2n) is 12.6. The van der Waals surface area contributed by atoms with Crippen LogP contribution >= 0.6 is 0 Å². The minimum atomic E-state index is -0.584. The van der Waals surface area contributed by atoms with E-state index in [1.165, 1.54) is 0 Å². The van der Waals surface area contributed by atoms with Crippen LogP contribution in [0.1, 0.15) is 50.5 Å². The van der Waals surface area contributed by atoms with E-state index in [0.29, 0.717) is 18.4 Å². The predicted molar refractivity (Wildman–Crippen MR) is 156 cm³/mol. The zero-order chi connectivity index (χ0) is 27.3. The maximum Gasteiger partial charge on any atom is 0.256 e. The molecule has 0 bridgehead atoms. The Morgan fingerprint density at radius 1 is 0.900 bits per heavy atom. The van der Waals surface area contributed by atoms with Crippen molar-refractivity contribution in [2.75, 3.05) is 57.8 Å². The number of nitrogens with zero attached hydrogens (tertiary/aromatic N) is 6. The maximum absolute atomic E-state index is 13.8. The lowest BCUT2D eigenvalue weighted by Crippen LogP contribution is -2.44. The zero-order valence-electron chi connectivity index (χ0n) is 23.6. The fraction of sp³-hybridized carbons (Fsp3) is 0.562. The second kappa shape index (κ2) is 10.3. The number of piperazine rings is 1. The number of amidine groups is 1. The molecule has 0 unspecified atom stereocenters. The summed E-state index contributed by atoms with van der Waals surface area (Å²) in [7, 11) is 2.16. The number of hydrogen-bond donors (Lipinski definition) is 0. The topological polar surface area (TPSA) is 72.3 Å². The van der Waals surface area contributed by atoms with Crippen molar-refractivity contribution in [3.8, 4) is 11.1 Å². The molecule has 7 rings (SSSR count). The van der Waals surface area contributed by atoms with Crippen LogP contribution in [0.5, 0.6) is 0 Å². The molecule has 2 aromatic rings. The lowest BCUT2D eigenvalue weighted by Gasteiger charge is -2.33. The fourth-order valence-corrected chi connectivity index (χ4v) is 6.95. The van der Waals surface area contributed by atoms with Gasteiger partial charge < -0.3 is 14.7 Å². The standard InChI is InChI=1S/C32H40N6O2/c1-35-16-18-36(19-17-35)28-11-10-27(20-33-28)24-4-6-25(7-5-24)29-34-32(13-2-3-14-32)31(40)38(29)22-23-12-15-37(21-23)30(39)26-8-9-26/h4-7,10-11,20,23,26H,2-3,8-9,12-19,21-22H2,1H3/t23-/m1/s1. The molecule has 4 heterocycles. The lowest BCUT2D eigenvalue weighted by molar-refractivity contribution is -0.131. The van der Waals surface area contributed by atoms with Crippen LogP contribution in [0.4, 0.5) is 5.82 Å². The number of aliphatic imine (C=N–C) groups is 1. The summed E-state index contributed by atoms with van der Waals surface area (Å²) in [5, 5.41) is 0. The molecule has 2 amide bonds. The van der Waals surface area contributed by atoms with Crippen molar-refractivity contribution in [1.29, 1.82) is 0 Å². The quantitative estimate of drug-likeness (QED) is 0.559. The fourth-order valence-electron chi connectivity index (χ4n) is 6.95. The van der Waals surface area contributed by atoms with E-state index in [1.54, 1.807) is 0 Å². The first-order valence-electron chi connectivity index (χ1n) is 15.2. The van der Waals surface area contributed by atoms with Crippen LogP contribution in [-0.4, -0.2) is 95.7 Å². The van der Waals surface area contributed by atoms with Gasteiger partial charge in [0.1, 0.15) is 17.2 Å². The third-order valence-electron chi connectivity index (χ3n) is 9.67. The Balaban J connectivity index is 1.08. The average Bonchev–Trinajstić information content (AvgIpc) is 3.44. The first-order chi connectivity index (χ1) is 19.5. The van der Waals surface area contributed by atoms with Crippen LogP contribution < -0.4 is 4.90 Å². The number of amides is 2. The third kappa shape index (κ3) is 4.80. The van der Waals surface area contributed by atoms with Gasteiger partial charge in [0, 0.05) is 69.1 Å². The second-order valence-corrected chi connectivity index (χ2v) is 12.6. The number of benzene rings is 1. The van der Waals surface area contributed by atoms with E-state index in [9.17, 15) is 9.59 Å². The summed E-state index contributed by atoms with van der Waals surface area (Å²) in [6, 6.07) is 12.7. The summed E-state index contributed by atoms with van der Waals surface area (Å²) < 4.78 is 0. The van der Waals surface area contributed by atoms with Crippen LogP contribution in [0.2, 0.25) is 0 Å². The van der Waals surface area contributed by atoms with E-state index in [0.717, 1.165) is 113 Å². The van der Waals surface area contributed by atoms with Gasteiger partial charge in [-0.15, -0.1) is 0 Å². The van der Waals surface area contributed by atoms with Gasteiger partial charge in [0.05, 0.1) is 0 Å². The molecule has 2 aliphatic carbocycles. The molecule has 0 radical (unpaired) electrons. The Kier molecular flexibility index (Phi) is 6.61. The summed E-state index contributed by atoms with van der Waals surface area (Å²) in [5.41, 5.74) is 2.61. The van der Waals surface area contributed by atoms with Gasteiger partial charge in [-0.2, -0.15) is 0 Å². The maximum atomic E-state index is 13.8. The molecule has 210 valence electrons.